The number of carbonyl (C=O) groups is 2. The first-order valence-corrected chi connectivity index (χ1v) is 13.2. The van der Waals surface area contributed by atoms with E-state index < -0.39 is 35.0 Å². The number of hydrogen-bond acceptors (Lipinski definition) is 6. The topological polar surface area (TPSA) is 99.8 Å². The predicted octanol–water partition coefficient (Wildman–Crippen LogP) is 3.08. The van der Waals surface area contributed by atoms with Crippen LogP contribution in [-0.4, -0.2) is 58.3 Å². The maximum Gasteiger partial charge on any atom is 0.416 e. The Morgan fingerprint density at radius 2 is 1.79 bits per heavy atom. The van der Waals surface area contributed by atoms with Gasteiger partial charge >= 0.3 is 17.8 Å². The molecule has 1 aromatic heterocycles. The van der Waals surface area contributed by atoms with Crippen molar-refractivity contribution in [1.29, 1.82) is 0 Å². The minimum Gasteiger partial charge on any atom is -0.462 e. The van der Waals surface area contributed by atoms with Gasteiger partial charge in [-0.2, -0.15) is 13.2 Å². The summed E-state index contributed by atoms with van der Waals surface area (Å²) < 4.78 is 53.5. The molecular weight excluding hydrogens is 519 g/mol. The fraction of sp³-hybridized carbons (Fsp3) is 0.556. The highest BCUT2D eigenvalue weighted by Crippen LogP contribution is 2.41. The number of rotatable bonds is 5. The highest BCUT2D eigenvalue weighted by atomic mass is 19.4. The van der Waals surface area contributed by atoms with Crippen molar-refractivity contribution >= 4 is 11.9 Å². The van der Waals surface area contributed by atoms with E-state index in [4.69, 9.17) is 9.47 Å². The van der Waals surface area contributed by atoms with Crippen molar-refractivity contribution in [2.75, 3.05) is 26.4 Å². The lowest BCUT2D eigenvalue weighted by atomic mass is 9.89. The quantitative estimate of drug-likeness (QED) is 0.532. The maximum atomic E-state index is 13.8. The summed E-state index contributed by atoms with van der Waals surface area (Å²) in [5.74, 6) is -0.960. The molecule has 0 radical (unpaired) electrons. The lowest BCUT2D eigenvalue weighted by Crippen LogP contribution is -2.50. The Labute approximate surface area is 222 Å². The molecule has 2 aliphatic carbocycles. The first-order chi connectivity index (χ1) is 18.6. The number of carbonyl (C=O) groups excluding carboxylic acids is 2. The van der Waals surface area contributed by atoms with E-state index in [1.807, 2.05) is 0 Å². The van der Waals surface area contributed by atoms with Gasteiger partial charge in [0, 0.05) is 24.8 Å². The average molecular weight is 550 g/mol. The summed E-state index contributed by atoms with van der Waals surface area (Å²) in [6.45, 7) is 2.63. The van der Waals surface area contributed by atoms with Crippen LogP contribution in [0.15, 0.2) is 34.0 Å². The van der Waals surface area contributed by atoms with E-state index in [1.54, 1.807) is 11.8 Å². The van der Waals surface area contributed by atoms with Crippen LogP contribution < -0.4 is 11.2 Å². The third-order valence-corrected chi connectivity index (χ3v) is 8.02. The Hall–Kier alpha value is -3.41. The lowest BCUT2D eigenvalue weighted by Gasteiger charge is -2.39. The number of halogens is 3. The number of benzene rings is 1. The summed E-state index contributed by atoms with van der Waals surface area (Å²) in [4.78, 5) is 54.1. The van der Waals surface area contributed by atoms with E-state index in [2.05, 4.69) is 0 Å². The van der Waals surface area contributed by atoms with E-state index in [0.717, 1.165) is 10.6 Å². The minimum absolute atomic E-state index is 0.00582. The van der Waals surface area contributed by atoms with E-state index in [-0.39, 0.29) is 60.7 Å². The Bertz CT molecular complexity index is 1390. The van der Waals surface area contributed by atoms with Gasteiger partial charge in [0.05, 0.1) is 24.8 Å². The van der Waals surface area contributed by atoms with Crippen molar-refractivity contribution in [3.63, 3.8) is 0 Å². The predicted molar refractivity (Wildman–Crippen MR) is 133 cm³/mol. The van der Waals surface area contributed by atoms with Crippen LogP contribution in [0.25, 0.3) is 0 Å². The smallest absolute Gasteiger partial charge is 0.416 e. The molecule has 1 aliphatic heterocycles. The number of ether oxygens (including phenoxy) is 2. The van der Waals surface area contributed by atoms with Crippen molar-refractivity contribution in [1.82, 2.24) is 14.0 Å². The molecule has 1 saturated heterocycles. The maximum absolute atomic E-state index is 13.8. The molecule has 5 rings (SSSR count). The van der Waals surface area contributed by atoms with Gasteiger partial charge in [0.25, 0.3) is 5.56 Å². The zero-order chi connectivity index (χ0) is 27.9. The van der Waals surface area contributed by atoms with Crippen molar-refractivity contribution < 1.29 is 32.2 Å². The molecule has 1 amide bonds. The molecule has 9 nitrogen and oxygen atoms in total. The molecule has 2 heterocycles. The molecule has 2 fully saturated rings. The molecule has 0 N–H and O–H groups in total. The van der Waals surface area contributed by atoms with Crippen LogP contribution in [0.2, 0.25) is 0 Å². The summed E-state index contributed by atoms with van der Waals surface area (Å²) in [5, 5.41) is 0. The first kappa shape index (κ1) is 27.2. The van der Waals surface area contributed by atoms with Crippen LogP contribution in [0, 0.1) is 0 Å². The van der Waals surface area contributed by atoms with Gasteiger partial charge in [-0.25, -0.2) is 9.59 Å². The summed E-state index contributed by atoms with van der Waals surface area (Å²) in [5.41, 5.74) is -2.35. The third kappa shape index (κ3) is 5.02. The SMILES string of the molecule is CCOC(=O)c1cn(C2CCC(N3CCOCC3=O)CC2)c(=O)n(C2CCc3c2cccc3C(F)(F)F)c1=O. The van der Waals surface area contributed by atoms with Gasteiger partial charge < -0.3 is 14.4 Å². The number of hydrogen-bond donors (Lipinski definition) is 0. The Kier molecular flexibility index (Phi) is 7.41. The molecule has 1 unspecified atom stereocenters. The molecule has 39 heavy (non-hydrogen) atoms. The van der Waals surface area contributed by atoms with Gasteiger partial charge in [-0.1, -0.05) is 12.1 Å². The Balaban J connectivity index is 1.53. The van der Waals surface area contributed by atoms with Crippen molar-refractivity contribution in [2.45, 2.75) is 69.8 Å². The van der Waals surface area contributed by atoms with Gasteiger partial charge in [-0.3, -0.25) is 18.7 Å². The lowest BCUT2D eigenvalue weighted by molar-refractivity contribution is -0.146. The van der Waals surface area contributed by atoms with Crippen LogP contribution in [0.3, 0.4) is 0 Å². The van der Waals surface area contributed by atoms with Crippen LogP contribution in [0.4, 0.5) is 13.2 Å². The number of nitrogens with zero attached hydrogens (tertiary/aromatic N) is 3. The van der Waals surface area contributed by atoms with Gasteiger partial charge in [0.15, 0.2) is 0 Å². The fourth-order valence-electron chi connectivity index (χ4n) is 6.21. The monoisotopic (exact) mass is 549 g/mol. The summed E-state index contributed by atoms with van der Waals surface area (Å²) >= 11 is 0. The molecule has 2 aromatic rings. The zero-order valence-electron chi connectivity index (χ0n) is 21.5. The molecule has 0 bridgehead atoms. The first-order valence-electron chi connectivity index (χ1n) is 13.2. The van der Waals surface area contributed by atoms with Crippen molar-refractivity contribution in [2.24, 2.45) is 0 Å². The number of esters is 1. The average Bonchev–Trinajstić information content (AvgIpc) is 3.33. The van der Waals surface area contributed by atoms with E-state index >= 15 is 0 Å². The molecule has 1 atom stereocenters. The number of alkyl halides is 3. The van der Waals surface area contributed by atoms with E-state index in [1.165, 1.54) is 22.9 Å². The van der Waals surface area contributed by atoms with Crippen LogP contribution >= 0.6 is 0 Å². The molecular formula is C27H30F3N3O6. The number of aromatic nitrogens is 2. The summed E-state index contributed by atoms with van der Waals surface area (Å²) in [6.07, 6.45) is -0.884. The molecule has 1 saturated carbocycles. The second-order valence-electron chi connectivity index (χ2n) is 10.2. The number of morpholine rings is 1. The van der Waals surface area contributed by atoms with Gasteiger partial charge in [-0.05, 0) is 62.6 Å². The zero-order valence-corrected chi connectivity index (χ0v) is 21.5. The second kappa shape index (κ2) is 10.6. The van der Waals surface area contributed by atoms with Crippen molar-refractivity contribution in [3.8, 4) is 0 Å². The van der Waals surface area contributed by atoms with Gasteiger partial charge in [-0.15, -0.1) is 0 Å². The largest absolute Gasteiger partial charge is 0.462 e. The molecule has 12 heteroatoms. The standard InChI is InChI=1S/C27H30F3N3O6/c1-2-39-25(36)20-14-32(17-8-6-16(7-9-17)31-12-13-38-15-23(31)34)26(37)33(24(20)35)22-11-10-18-19(22)4-3-5-21(18)27(28,29)30/h3-5,14,16-17,22H,2,6-13,15H2,1H3. The second-order valence-corrected chi connectivity index (χ2v) is 10.2. The van der Waals surface area contributed by atoms with Crippen LogP contribution in [0.5, 0.6) is 0 Å². The normalized spacial score (nSPS) is 23.5. The number of fused-ring (bicyclic) bond motifs is 1. The highest BCUT2D eigenvalue weighted by Gasteiger charge is 2.39. The van der Waals surface area contributed by atoms with Crippen molar-refractivity contribution in [3.05, 3.63) is 67.5 Å². The summed E-state index contributed by atoms with van der Waals surface area (Å²) in [6, 6.07) is 2.48. The van der Waals surface area contributed by atoms with E-state index in [0.29, 0.717) is 38.8 Å². The van der Waals surface area contributed by atoms with Gasteiger partial charge in [0.2, 0.25) is 5.91 Å². The fourth-order valence-corrected chi connectivity index (χ4v) is 6.21. The highest BCUT2D eigenvalue weighted by molar-refractivity contribution is 5.88. The Morgan fingerprint density at radius 1 is 1.08 bits per heavy atom. The van der Waals surface area contributed by atoms with Crippen LogP contribution in [0.1, 0.15) is 78.2 Å². The number of amides is 1. The molecule has 1 aromatic carbocycles. The van der Waals surface area contributed by atoms with Crippen LogP contribution in [-0.2, 0) is 26.9 Å². The van der Waals surface area contributed by atoms with E-state index in [9.17, 15) is 32.3 Å². The minimum atomic E-state index is -4.57. The molecule has 0 spiro atoms. The third-order valence-electron chi connectivity index (χ3n) is 8.02. The molecule has 3 aliphatic rings. The van der Waals surface area contributed by atoms with Gasteiger partial charge in [0.1, 0.15) is 12.2 Å². The Morgan fingerprint density at radius 3 is 2.46 bits per heavy atom. The molecule has 210 valence electrons. The summed E-state index contributed by atoms with van der Waals surface area (Å²) in [7, 11) is 0.